The lowest BCUT2D eigenvalue weighted by molar-refractivity contribution is -0.118. The number of nitrogens with one attached hydrogen (secondary N) is 2. The number of fused-ring (bicyclic) bond motifs is 1. The highest BCUT2D eigenvalue weighted by Crippen LogP contribution is 2.46. The maximum Gasteiger partial charge on any atom is 0.163 e. The summed E-state index contributed by atoms with van der Waals surface area (Å²) in [6.45, 7) is 8.54. The van der Waals surface area contributed by atoms with E-state index in [0.29, 0.717) is 11.4 Å². The number of rotatable bonds is 1. The Balaban J connectivity index is 1.91. The summed E-state index contributed by atoms with van der Waals surface area (Å²) in [5.41, 5.74) is 7.32. The average molecular weight is 381 g/mol. The van der Waals surface area contributed by atoms with Gasteiger partial charge in [0.25, 0.3) is 0 Å². The van der Waals surface area contributed by atoms with Crippen LogP contribution in [0.15, 0.2) is 47.7 Å². The number of carbonyl (C=O) groups is 1. The zero-order valence-corrected chi connectivity index (χ0v) is 17.0. The van der Waals surface area contributed by atoms with Gasteiger partial charge in [0.2, 0.25) is 0 Å². The third kappa shape index (κ3) is 3.37. The van der Waals surface area contributed by atoms with Crippen LogP contribution in [0.1, 0.15) is 49.4 Å². The topological polar surface area (TPSA) is 41.1 Å². The van der Waals surface area contributed by atoms with E-state index in [1.54, 1.807) is 0 Å². The van der Waals surface area contributed by atoms with Crippen molar-refractivity contribution in [3.05, 3.63) is 69.4 Å². The molecule has 27 heavy (non-hydrogen) atoms. The first-order valence-electron chi connectivity index (χ1n) is 9.40. The Bertz CT molecular complexity index is 974. The van der Waals surface area contributed by atoms with Crippen molar-refractivity contribution in [2.75, 3.05) is 10.6 Å². The van der Waals surface area contributed by atoms with Crippen LogP contribution in [0.5, 0.6) is 0 Å². The van der Waals surface area contributed by atoms with Crippen molar-refractivity contribution >= 4 is 28.8 Å². The lowest BCUT2D eigenvalue weighted by Gasteiger charge is -2.34. The van der Waals surface area contributed by atoms with Crippen molar-refractivity contribution in [2.24, 2.45) is 5.41 Å². The first-order chi connectivity index (χ1) is 12.7. The van der Waals surface area contributed by atoms with Crippen molar-refractivity contribution in [1.82, 2.24) is 0 Å². The number of carbonyl (C=O) groups excluding carboxylic acids is 1. The number of allylic oxidation sites excluding steroid dienone is 1. The Labute approximate surface area is 165 Å². The van der Waals surface area contributed by atoms with Crippen LogP contribution in [0.2, 0.25) is 5.02 Å². The van der Waals surface area contributed by atoms with E-state index in [4.69, 9.17) is 11.6 Å². The molecule has 2 aliphatic rings. The van der Waals surface area contributed by atoms with E-state index in [1.165, 1.54) is 11.1 Å². The van der Waals surface area contributed by atoms with Crippen molar-refractivity contribution in [3.63, 3.8) is 0 Å². The van der Waals surface area contributed by atoms with Crippen LogP contribution in [0.3, 0.4) is 0 Å². The van der Waals surface area contributed by atoms with Crippen LogP contribution in [0, 0.1) is 19.3 Å². The number of aryl methyl sites for hydroxylation is 2. The van der Waals surface area contributed by atoms with Gasteiger partial charge in [0.05, 0.1) is 17.4 Å². The molecule has 1 heterocycles. The van der Waals surface area contributed by atoms with E-state index in [1.807, 2.05) is 24.3 Å². The van der Waals surface area contributed by atoms with Gasteiger partial charge in [0.1, 0.15) is 0 Å². The zero-order valence-electron chi connectivity index (χ0n) is 16.2. The summed E-state index contributed by atoms with van der Waals surface area (Å²) in [5, 5.41) is 7.90. The minimum Gasteiger partial charge on any atom is -0.372 e. The largest absolute Gasteiger partial charge is 0.372 e. The van der Waals surface area contributed by atoms with Gasteiger partial charge < -0.3 is 10.6 Å². The SMILES string of the molecule is Cc1cc2c(cc1C)NC(c1cccc(Cl)c1)C1=C(CC(C)(C)CC1=O)N2. The Morgan fingerprint density at radius 1 is 1.04 bits per heavy atom. The van der Waals surface area contributed by atoms with Crippen molar-refractivity contribution in [1.29, 1.82) is 0 Å². The van der Waals surface area contributed by atoms with Gasteiger partial charge in [-0.15, -0.1) is 0 Å². The molecule has 3 nitrogen and oxygen atoms in total. The molecule has 2 N–H and O–H groups in total. The zero-order chi connectivity index (χ0) is 19.3. The van der Waals surface area contributed by atoms with E-state index < -0.39 is 0 Å². The molecule has 0 fully saturated rings. The van der Waals surface area contributed by atoms with Crippen molar-refractivity contribution in [2.45, 2.75) is 46.6 Å². The van der Waals surface area contributed by atoms with Gasteiger partial charge in [-0.1, -0.05) is 37.6 Å². The highest BCUT2D eigenvalue weighted by molar-refractivity contribution is 6.30. The van der Waals surface area contributed by atoms with Crippen LogP contribution in [-0.2, 0) is 4.79 Å². The number of benzene rings is 2. The molecule has 0 amide bonds. The molecule has 140 valence electrons. The summed E-state index contributed by atoms with van der Waals surface area (Å²) >= 11 is 6.26. The molecule has 0 saturated carbocycles. The summed E-state index contributed by atoms with van der Waals surface area (Å²) in [6.07, 6.45) is 1.40. The molecule has 0 radical (unpaired) electrons. The number of Topliss-reactive ketones (excluding diaryl/α,β-unsaturated/α-hetero) is 1. The van der Waals surface area contributed by atoms with Crippen LogP contribution in [0.4, 0.5) is 11.4 Å². The van der Waals surface area contributed by atoms with Gasteiger partial charge in [-0.05, 0) is 66.6 Å². The molecule has 0 spiro atoms. The molecule has 1 atom stereocenters. The molecule has 1 aliphatic carbocycles. The predicted molar refractivity (Wildman–Crippen MR) is 112 cm³/mol. The summed E-state index contributed by atoms with van der Waals surface area (Å²) in [7, 11) is 0. The third-order valence-corrected chi connectivity index (χ3v) is 5.85. The fourth-order valence-electron chi connectivity index (χ4n) is 4.15. The van der Waals surface area contributed by atoms with Gasteiger partial charge in [-0.3, -0.25) is 4.79 Å². The van der Waals surface area contributed by atoms with Crippen LogP contribution >= 0.6 is 11.6 Å². The predicted octanol–water partition coefficient (Wildman–Crippen LogP) is 6.18. The van der Waals surface area contributed by atoms with Crippen molar-refractivity contribution in [3.8, 4) is 0 Å². The summed E-state index contributed by atoms with van der Waals surface area (Å²) in [5.74, 6) is 0.201. The highest BCUT2D eigenvalue weighted by atomic mass is 35.5. The minimum absolute atomic E-state index is 0.0496. The van der Waals surface area contributed by atoms with E-state index in [0.717, 1.165) is 34.6 Å². The summed E-state index contributed by atoms with van der Waals surface area (Å²) in [6, 6.07) is 11.9. The summed E-state index contributed by atoms with van der Waals surface area (Å²) < 4.78 is 0. The minimum atomic E-state index is -0.210. The summed E-state index contributed by atoms with van der Waals surface area (Å²) in [4.78, 5) is 13.2. The van der Waals surface area contributed by atoms with Gasteiger partial charge in [0, 0.05) is 22.7 Å². The Morgan fingerprint density at radius 2 is 1.74 bits per heavy atom. The number of halogens is 1. The molecule has 0 aromatic heterocycles. The first kappa shape index (κ1) is 18.1. The molecular weight excluding hydrogens is 356 g/mol. The second-order valence-electron chi connectivity index (χ2n) is 8.57. The number of anilines is 2. The monoisotopic (exact) mass is 380 g/mol. The number of ketones is 1. The average Bonchev–Trinajstić information content (AvgIpc) is 2.71. The molecule has 4 heteroatoms. The molecule has 1 aliphatic heterocycles. The molecule has 0 bridgehead atoms. The van der Waals surface area contributed by atoms with E-state index in [2.05, 4.69) is 50.5 Å². The molecule has 4 rings (SSSR count). The lowest BCUT2D eigenvalue weighted by atomic mass is 9.73. The van der Waals surface area contributed by atoms with Crippen LogP contribution in [0.25, 0.3) is 0 Å². The number of hydrogen-bond donors (Lipinski definition) is 2. The maximum atomic E-state index is 13.2. The molecule has 0 saturated heterocycles. The molecular formula is C23H25ClN2O. The van der Waals surface area contributed by atoms with Gasteiger partial charge in [-0.2, -0.15) is 0 Å². The highest BCUT2D eigenvalue weighted by Gasteiger charge is 2.38. The number of hydrogen-bond acceptors (Lipinski definition) is 3. The van der Waals surface area contributed by atoms with Gasteiger partial charge >= 0.3 is 0 Å². The fourth-order valence-corrected chi connectivity index (χ4v) is 4.35. The van der Waals surface area contributed by atoms with E-state index in [-0.39, 0.29) is 17.2 Å². The first-order valence-corrected chi connectivity index (χ1v) is 9.78. The Kier molecular flexibility index (Phi) is 4.31. The second kappa shape index (κ2) is 6.42. The van der Waals surface area contributed by atoms with Gasteiger partial charge in [-0.25, -0.2) is 0 Å². The quantitative estimate of drug-likeness (QED) is 0.620. The van der Waals surface area contributed by atoms with Crippen LogP contribution in [-0.4, -0.2) is 5.78 Å². The van der Waals surface area contributed by atoms with E-state index >= 15 is 0 Å². The third-order valence-electron chi connectivity index (χ3n) is 5.61. The smallest absolute Gasteiger partial charge is 0.163 e. The van der Waals surface area contributed by atoms with Crippen molar-refractivity contribution < 1.29 is 4.79 Å². The normalized spacial score (nSPS) is 20.9. The standard InChI is InChI=1S/C23H25ClN2O/c1-13-8-17-18(9-14(13)2)26-22(15-6-5-7-16(24)10-15)21-19(25-17)11-23(3,4)12-20(21)27/h5-10,22,25-26H,11-12H2,1-4H3. The fraction of sp³-hybridized carbons (Fsp3) is 0.348. The van der Waals surface area contributed by atoms with Crippen LogP contribution < -0.4 is 10.6 Å². The molecule has 1 unspecified atom stereocenters. The molecule has 2 aromatic carbocycles. The Hall–Kier alpha value is -2.26. The second-order valence-corrected chi connectivity index (χ2v) is 9.01. The lowest BCUT2D eigenvalue weighted by Crippen LogP contribution is -2.31. The Morgan fingerprint density at radius 3 is 2.44 bits per heavy atom. The molecule has 2 aromatic rings. The van der Waals surface area contributed by atoms with Gasteiger partial charge in [0.15, 0.2) is 5.78 Å². The maximum absolute atomic E-state index is 13.2. The van der Waals surface area contributed by atoms with E-state index in [9.17, 15) is 4.79 Å².